The molecule has 4 nitrogen and oxygen atoms in total. The number of ether oxygens (including phenoxy) is 2. The van der Waals surface area contributed by atoms with Crippen LogP contribution in [0, 0.1) is 6.92 Å². The van der Waals surface area contributed by atoms with Crippen molar-refractivity contribution in [1.82, 2.24) is 4.90 Å². The number of benzene rings is 3. The van der Waals surface area contributed by atoms with Gasteiger partial charge < -0.3 is 14.4 Å². The fraction of sp³-hybridized carbons (Fsp3) is 0.345. The minimum atomic E-state index is 0.0392. The van der Waals surface area contributed by atoms with Crippen LogP contribution in [0.25, 0.3) is 0 Å². The van der Waals surface area contributed by atoms with Crippen LogP contribution in [0.2, 0.25) is 0 Å². The van der Waals surface area contributed by atoms with E-state index in [0.29, 0.717) is 38.8 Å². The topological polar surface area (TPSA) is 38.8 Å². The van der Waals surface area contributed by atoms with Crippen LogP contribution < -0.4 is 4.74 Å². The minimum absolute atomic E-state index is 0.0392. The first-order valence-electron chi connectivity index (χ1n) is 11.8. The Kier molecular flexibility index (Phi) is 7.46. The number of rotatable bonds is 2. The van der Waals surface area contributed by atoms with Gasteiger partial charge in [0.2, 0.25) is 0 Å². The summed E-state index contributed by atoms with van der Waals surface area (Å²) in [5.74, 6) is 1.42. The van der Waals surface area contributed by atoms with Crippen molar-refractivity contribution in [3.05, 3.63) is 100 Å². The monoisotopic (exact) mass is 443 g/mol. The van der Waals surface area contributed by atoms with E-state index in [1.807, 2.05) is 36.1 Å². The lowest BCUT2D eigenvalue weighted by atomic mass is 9.96. The van der Waals surface area contributed by atoms with E-state index < -0.39 is 0 Å². The van der Waals surface area contributed by atoms with Gasteiger partial charge in [-0.1, -0.05) is 68.4 Å². The molecule has 1 heterocycles. The molecule has 33 heavy (non-hydrogen) atoms. The standard InChI is InChI=1S/C29H33NO3/c1-21(2)25-11-12-28-26(19-25)18-23-8-6-9-24(17-23)20-30(13-14-32-15-16-33-28)29(31)27-10-5-4-7-22(27)3/h4-12,17,19,21H,13-16,18,20H2,1-3H3. The zero-order chi connectivity index (χ0) is 23.2. The molecule has 0 aliphatic carbocycles. The van der Waals surface area contributed by atoms with Crippen molar-refractivity contribution >= 4 is 5.91 Å². The van der Waals surface area contributed by atoms with Gasteiger partial charge in [-0.2, -0.15) is 0 Å². The van der Waals surface area contributed by atoms with Crippen LogP contribution >= 0.6 is 0 Å². The zero-order valence-electron chi connectivity index (χ0n) is 19.8. The van der Waals surface area contributed by atoms with Crippen molar-refractivity contribution in [2.24, 2.45) is 0 Å². The molecule has 0 radical (unpaired) electrons. The summed E-state index contributed by atoms with van der Waals surface area (Å²) in [5.41, 5.74) is 6.56. The second-order valence-electron chi connectivity index (χ2n) is 9.02. The largest absolute Gasteiger partial charge is 0.491 e. The van der Waals surface area contributed by atoms with Crippen LogP contribution in [0.4, 0.5) is 0 Å². The Hall–Kier alpha value is -3.11. The van der Waals surface area contributed by atoms with Crippen LogP contribution in [0.3, 0.4) is 0 Å². The highest BCUT2D eigenvalue weighted by molar-refractivity contribution is 5.95. The average molecular weight is 444 g/mol. The highest BCUT2D eigenvalue weighted by Crippen LogP contribution is 2.27. The third-order valence-corrected chi connectivity index (χ3v) is 6.16. The van der Waals surface area contributed by atoms with E-state index in [4.69, 9.17) is 9.47 Å². The Morgan fingerprint density at radius 2 is 1.73 bits per heavy atom. The van der Waals surface area contributed by atoms with E-state index in [0.717, 1.165) is 28.9 Å². The Bertz CT molecular complexity index is 1110. The number of carbonyl (C=O) groups excluding carboxylic acids is 1. The molecule has 0 atom stereocenters. The number of hydrogen-bond donors (Lipinski definition) is 0. The van der Waals surface area contributed by atoms with Crippen LogP contribution in [0.5, 0.6) is 5.75 Å². The van der Waals surface area contributed by atoms with Gasteiger partial charge in [0, 0.05) is 25.1 Å². The lowest BCUT2D eigenvalue weighted by molar-refractivity contribution is 0.0570. The lowest BCUT2D eigenvalue weighted by Gasteiger charge is -2.24. The maximum atomic E-state index is 13.4. The number of carbonyl (C=O) groups is 1. The molecule has 3 aromatic carbocycles. The van der Waals surface area contributed by atoms with Gasteiger partial charge in [0.05, 0.1) is 13.2 Å². The van der Waals surface area contributed by atoms with Crippen molar-refractivity contribution in [1.29, 1.82) is 0 Å². The molecular formula is C29H33NO3. The van der Waals surface area contributed by atoms with E-state index in [1.54, 1.807) is 0 Å². The average Bonchev–Trinajstić information content (AvgIpc) is 2.81. The van der Waals surface area contributed by atoms with Crippen LogP contribution in [0.15, 0.2) is 66.7 Å². The highest BCUT2D eigenvalue weighted by Gasteiger charge is 2.18. The quantitative estimate of drug-likeness (QED) is 0.505. The Labute approximate surface area is 197 Å². The van der Waals surface area contributed by atoms with Crippen LogP contribution in [0.1, 0.15) is 57.9 Å². The number of nitrogens with zero attached hydrogens (tertiary/aromatic N) is 1. The van der Waals surface area contributed by atoms with Crippen molar-refractivity contribution in [2.75, 3.05) is 26.4 Å². The van der Waals surface area contributed by atoms with Gasteiger partial charge >= 0.3 is 0 Å². The van der Waals surface area contributed by atoms with Gasteiger partial charge in [-0.25, -0.2) is 0 Å². The summed E-state index contributed by atoms with van der Waals surface area (Å²) in [5, 5.41) is 0. The fourth-order valence-electron chi connectivity index (χ4n) is 4.24. The van der Waals surface area contributed by atoms with Gasteiger partial charge in [0.25, 0.3) is 5.91 Å². The molecule has 4 heteroatoms. The normalized spacial score (nSPS) is 14.8. The van der Waals surface area contributed by atoms with Gasteiger partial charge in [0.15, 0.2) is 0 Å². The van der Waals surface area contributed by atoms with E-state index in [1.165, 1.54) is 16.7 Å². The molecule has 0 aromatic heterocycles. The summed E-state index contributed by atoms with van der Waals surface area (Å²) in [7, 11) is 0. The molecule has 172 valence electrons. The van der Waals surface area contributed by atoms with Crippen LogP contribution in [-0.2, 0) is 17.7 Å². The van der Waals surface area contributed by atoms with Gasteiger partial charge in [0.1, 0.15) is 12.4 Å². The maximum Gasteiger partial charge on any atom is 0.254 e. The maximum absolute atomic E-state index is 13.4. The van der Waals surface area contributed by atoms with E-state index >= 15 is 0 Å². The highest BCUT2D eigenvalue weighted by atomic mass is 16.5. The summed E-state index contributed by atoms with van der Waals surface area (Å²) < 4.78 is 11.9. The van der Waals surface area contributed by atoms with Gasteiger partial charge in [-0.15, -0.1) is 0 Å². The minimum Gasteiger partial charge on any atom is -0.491 e. The predicted octanol–water partition coefficient (Wildman–Crippen LogP) is 5.76. The summed E-state index contributed by atoms with van der Waals surface area (Å²) in [4.78, 5) is 15.3. The molecule has 1 aliphatic rings. The van der Waals surface area contributed by atoms with Gasteiger partial charge in [-0.3, -0.25) is 4.79 Å². The molecule has 0 unspecified atom stereocenters. The van der Waals surface area contributed by atoms with E-state index in [9.17, 15) is 4.79 Å². The van der Waals surface area contributed by atoms with Crippen molar-refractivity contribution in [2.45, 2.75) is 39.7 Å². The fourth-order valence-corrected chi connectivity index (χ4v) is 4.24. The first-order valence-corrected chi connectivity index (χ1v) is 11.8. The number of fused-ring (bicyclic) bond motifs is 3. The molecule has 4 rings (SSSR count). The molecule has 0 saturated heterocycles. The van der Waals surface area contributed by atoms with Crippen molar-refractivity contribution in [3.8, 4) is 5.75 Å². The van der Waals surface area contributed by atoms with E-state index in [2.05, 4.69) is 56.3 Å². The van der Waals surface area contributed by atoms with Crippen molar-refractivity contribution in [3.63, 3.8) is 0 Å². The van der Waals surface area contributed by atoms with E-state index in [-0.39, 0.29) is 5.91 Å². The number of aryl methyl sites for hydroxylation is 1. The van der Waals surface area contributed by atoms with Crippen molar-refractivity contribution < 1.29 is 14.3 Å². The molecular weight excluding hydrogens is 410 g/mol. The third kappa shape index (κ3) is 5.82. The second-order valence-corrected chi connectivity index (χ2v) is 9.02. The second kappa shape index (κ2) is 10.7. The molecule has 0 spiro atoms. The summed E-state index contributed by atoms with van der Waals surface area (Å²) in [6, 6.07) is 22.8. The summed E-state index contributed by atoms with van der Waals surface area (Å²) in [6.45, 7) is 8.93. The zero-order valence-corrected chi connectivity index (χ0v) is 19.8. The molecule has 1 amide bonds. The predicted molar refractivity (Wildman–Crippen MR) is 132 cm³/mol. The Morgan fingerprint density at radius 3 is 2.55 bits per heavy atom. The third-order valence-electron chi connectivity index (χ3n) is 6.16. The molecule has 0 N–H and O–H groups in total. The SMILES string of the molecule is Cc1ccccc1C(=O)N1CCOCCOc2ccc(C(C)C)cc2Cc2cccc(c2)C1. The van der Waals surface area contributed by atoms with Crippen LogP contribution in [-0.4, -0.2) is 37.2 Å². The van der Waals surface area contributed by atoms with Gasteiger partial charge in [-0.05, 0) is 52.8 Å². The number of hydrogen-bond acceptors (Lipinski definition) is 3. The molecule has 0 saturated carbocycles. The lowest BCUT2D eigenvalue weighted by Crippen LogP contribution is -2.34. The molecule has 0 fully saturated rings. The summed E-state index contributed by atoms with van der Waals surface area (Å²) in [6.07, 6.45) is 0.788. The first-order chi connectivity index (χ1) is 16.0. The Balaban J connectivity index is 1.64. The molecule has 2 bridgehead atoms. The molecule has 1 aliphatic heterocycles. The number of amides is 1. The first kappa shape index (κ1) is 23.1. The Morgan fingerprint density at radius 1 is 0.909 bits per heavy atom. The smallest absolute Gasteiger partial charge is 0.254 e. The summed E-state index contributed by atoms with van der Waals surface area (Å²) >= 11 is 0. The molecule has 3 aromatic rings.